The molecule has 0 aromatic heterocycles. The van der Waals surface area contributed by atoms with Gasteiger partial charge in [0.1, 0.15) is 0 Å². The number of benzene rings is 2. The van der Waals surface area contributed by atoms with E-state index in [9.17, 15) is 4.79 Å². The van der Waals surface area contributed by atoms with Crippen LogP contribution in [0.5, 0.6) is 11.5 Å². The van der Waals surface area contributed by atoms with Crippen LogP contribution < -0.4 is 9.47 Å². The molecule has 0 spiro atoms. The van der Waals surface area contributed by atoms with Gasteiger partial charge in [-0.05, 0) is 37.7 Å². The molecule has 1 amide bonds. The fraction of sp³-hybridized carbons (Fsp3) is 0.350. The van der Waals surface area contributed by atoms with E-state index in [1.54, 1.807) is 12.1 Å². The summed E-state index contributed by atoms with van der Waals surface area (Å²) in [6.45, 7) is 1.53. The number of rotatable bonds is 3. The van der Waals surface area contributed by atoms with Gasteiger partial charge in [-0.1, -0.05) is 35.9 Å². The molecule has 136 valence electrons. The number of nitrogens with zero attached hydrogens (tertiary/aromatic N) is 2. The highest BCUT2D eigenvalue weighted by Crippen LogP contribution is 2.38. The molecule has 0 N–H and O–H groups in total. The van der Waals surface area contributed by atoms with Gasteiger partial charge < -0.3 is 19.3 Å². The van der Waals surface area contributed by atoms with Crippen LogP contribution in [0.3, 0.4) is 0 Å². The Morgan fingerprint density at radius 3 is 2.62 bits per heavy atom. The number of carbonyl (C=O) groups excluding carboxylic acids is 1. The van der Waals surface area contributed by atoms with Crippen LogP contribution in [0, 0.1) is 0 Å². The highest BCUT2D eigenvalue weighted by atomic mass is 35.5. The maximum atomic E-state index is 13.3. The first kappa shape index (κ1) is 17.2. The van der Waals surface area contributed by atoms with Crippen molar-refractivity contribution >= 4 is 17.5 Å². The summed E-state index contributed by atoms with van der Waals surface area (Å²) >= 11 is 6.38. The molecule has 0 radical (unpaired) electrons. The third kappa shape index (κ3) is 3.13. The van der Waals surface area contributed by atoms with E-state index in [4.69, 9.17) is 21.1 Å². The molecule has 0 bridgehead atoms. The molecule has 2 heterocycles. The third-order valence-electron chi connectivity index (χ3n) is 4.88. The second-order valence-electron chi connectivity index (χ2n) is 7.01. The first-order valence-electron chi connectivity index (χ1n) is 8.64. The lowest BCUT2D eigenvalue weighted by atomic mass is 9.93. The van der Waals surface area contributed by atoms with Gasteiger partial charge in [0.25, 0.3) is 5.91 Å². The normalized spacial score (nSPS) is 18.2. The van der Waals surface area contributed by atoms with E-state index in [0.29, 0.717) is 28.6 Å². The van der Waals surface area contributed by atoms with Gasteiger partial charge in [-0.15, -0.1) is 0 Å². The Labute approximate surface area is 158 Å². The second kappa shape index (κ2) is 6.82. The van der Waals surface area contributed by atoms with Crippen LogP contribution in [0.15, 0.2) is 36.4 Å². The van der Waals surface area contributed by atoms with Crippen molar-refractivity contribution in [2.45, 2.75) is 19.0 Å². The molecular formula is C20H21ClN2O3. The lowest BCUT2D eigenvalue weighted by Gasteiger charge is -2.38. The monoisotopic (exact) mass is 372 g/mol. The van der Waals surface area contributed by atoms with Crippen molar-refractivity contribution in [3.63, 3.8) is 0 Å². The Kier molecular flexibility index (Phi) is 4.51. The van der Waals surface area contributed by atoms with E-state index in [-0.39, 0.29) is 18.7 Å². The molecule has 6 heteroatoms. The SMILES string of the molecule is CN(C)C[C@@H]1Cc2ccccc2CN1C(=O)c1cc2c(cc1Cl)OCO2. The predicted molar refractivity (Wildman–Crippen MR) is 99.9 cm³/mol. The molecule has 26 heavy (non-hydrogen) atoms. The molecule has 1 atom stereocenters. The van der Waals surface area contributed by atoms with Crippen LogP contribution >= 0.6 is 11.6 Å². The zero-order chi connectivity index (χ0) is 18.3. The molecule has 0 unspecified atom stereocenters. The van der Waals surface area contributed by atoms with Crippen molar-refractivity contribution in [1.82, 2.24) is 9.80 Å². The van der Waals surface area contributed by atoms with Crippen LogP contribution in [0.4, 0.5) is 0 Å². The van der Waals surface area contributed by atoms with E-state index in [0.717, 1.165) is 13.0 Å². The van der Waals surface area contributed by atoms with Crippen molar-refractivity contribution in [2.24, 2.45) is 0 Å². The lowest BCUT2D eigenvalue weighted by molar-refractivity contribution is 0.0606. The van der Waals surface area contributed by atoms with E-state index >= 15 is 0 Å². The maximum Gasteiger partial charge on any atom is 0.256 e. The molecule has 4 rings (SSSR count). The maximum absolute atomic E-state index is 13.3. The average molecular weight is 373 g/mol. The van der Waals surface area contributed by atoms with E-state index in [1.165, 1.54) is 11.1 Å². The Balaban J connectivity index is 1.69. The van der Waals surface area contributed by atoms with Crippen LogP contribution in [0.1, 0.15) is 21.5 Å². The zero-order valence-corrected chi connectivity index (χ0v) is 15.6. The third-order valence-corrected chi connectivity index (χ3v) is 5.20. The minimum Gasteiger partial charge on any atom is -0.454 e. The molecule has 2 aliphatic heterocycles. The summed E-state index contributed by atoms with van der Waals surface area (Å²) in [5.74, 6) is 1.08. The fourth-order valence-electron chi connectivity index (χ4n) is 3.65. The van der Waals surface area contributed by atoms with Gasteiger partial charge in [-0.2, -0.15) is 0 Å². The summed E-state index contributed by atoms with van der Waals surface area (Å²) in [4.78, 5) is 17.4. The molecule has 2 aromatic rings. The average Bonchev–Trinajstić information content (AvgIpc) is 3.06. The van der Waals surface area contributed by atoms with Gasteiger partial charge in [0, 0.05) is 25.2 Å². The van der Waals surface area contributed by atoms with Gasteiger partial charge in [0.2, 0.25) is 6.79 Å². The molecule has 0 saturated heterocycles. The van der Waals surface area contributed by atoms with Crippen molar-refractivity contribution in [1.29, 1.82) is 0 Å². The number of halogens is 1. The number of ether oxygens (including phenoxy) is 2. The minimum atomic E-state index is -0.0744. The first-order valence-corrected chi connectivity index (χ1v) is 9.02. The molecule has 0 aliphatic carbocycles. The topological polar surface area (TPSA) is 42.0 Å². The van der Waals surface area contributed by atoms with E-state index < -0.39 is 0 Å². The Bertz CT molecular complexity index is 853. The molecule has 2 aliphatic rings. The van der Waals surface area contributed by atoms with E-state index in [1.807, 2.05) is 25.1 Å². The summed E-state index contributed by atoms with van der Waals surface area (Å²) in [7, 11) is 4.05. The van der Waals surface area contributed by atoms with Crippen LogP contribution in [-0.4, -0.2) is 49.2 Å². The smallest absolute Gasteiger partial charge is 0.256 e. The summed E-state index contributed by atoms with van der Waals surface area (Å²) in [6.07, 6.45) is 0.836. The number of hydrogen-bond donors (Lipinski definition) is 0. The Morgan fingerprint density at radius 2 is 1.88 bits per heavy atom. The predicted octanol–water partition coefficient (Wildman–Crippen LogP) is 3.20. The molecule has 5 nitrogen and oxygen atoms in total. The molecule has 0 saturated carbocycles. The standard InChI is InChI=1S/C20H21ClN2O3/c1-22(2)11-15-7-13-5-3-4-6-14(13)10-23(15)20(24)16-8-18-19(9-17(16)21)26-12-25-18/h3-6,8-9,15H,7,10-12H2,1-2H3/t15-/m0/s1. The Hall–Kier alpha value is -2.24. The summed E-state index contributed by atoms with van der Waals surface area (Å²) in [6, 6.07) is 11.7. The van der Waals surface area contributed by atoms with Gasteiger partial charge in [0.15, 0.2) is 11.5 Å². The largest absolute Gasteiger partial charge is 0.454 e. The van der Waals surface area contributed by atoms with Crippen molar-refractivity contribution in [3.8, 4) is 11.5 Å². The lowest BCUT2D eigenvalue weighted by Crippen LogP contribution is -2.49. The number of fused-ring (bicyclic) bond motifs is 2. The van der Waals surface area contributed by atoms with Crippen LogP contribution in [-0.2, 0) is 13.0 Å². The van der Waals surface area contributed by atoms with Crippen molar-refractivity contribution in [2.75, 3.05) is 27.4 Å². The first-order chi connectivity index (χ1) is 12.5. The highest BCUT2D eigenvalue weighted by Gasteiger charge is 2.32. The number of amides is 1. The number of hydrogen-bond acceptors (Lipinski definition) is 4. The van der Waals surface area contributed by atoms with Crippen LogP contribution in [0.25, 0.3) is 0 Å². The highest BCUT2D eigenvalue weighted by molar-refractivity contribution is 6.34. The second-order valence-corrected chi connectivity index (χ2v) is 7.41. The van der Waals surface area contributed by atoms with Crippen molar-refractivity contribution in [3.05, 3.63) is 58.1 Å². The number of carbonyl (C=O) groups is 1. The Morgan fingerprint density at radius 1 is 1.19 bits per heavy atom. The molecule has 0 fully saturated rings. The summed E-state index contributed by atoms with van der Waals surface area (Å²) < 4.78 is 10.8. The van der Waals surface area contributed by atoms with Crippen molar-refractivity contribution < 1.29 is 14.3 Å². The van der Waals surface area contributed by atoms with Gasteiger partial charge in [-0.3, -0.25) is 4.79 Å². The van der Waals surface area contributed by atoms with Gasteiger partial charge in [0.05, 0.1) is 10.6 Å². The fourth-order valence-corrected chi connectivity index (χ4v) is 3.88. The van der Waals surface area contributed by atoms with Crippen LogP contribution in [0.2, 0.25) is 5.02 Å². The quantitative estimate of drug-likeness (QED) is 0.829. The molecule has 2 aromatic carbocycles. The summed E-state index contributed by atoms with van der Waals surface area (Å²) in [5, 5.41) is 0.390. The van der Waals surface area contributed by atoms with Gasteiger partial charge >= 0.3 is 0 Å². The molecular weight excluding hydrogens is 352 g/mol. The minimum absolute atomic E-state index is 0.0744. The summed E-state index contributed by atoms with van der Waals surface area (Å²) in [5.41, 5.74) is 2.95. The zero-order valence-electron chi connectivity index (χ0n) is 14.9. The number of likely N-dealkylation sites (N-methyl/N-ethyl adjacent to an activating group) is 1. The van der Waals surface area contributed by atoms with E-state index in [2.05, 4.69) is 23.1 Å². The van der Waals surface area contributed by atoms with Gasteiger partial charge in [-0.25, -0.2) is 0 Å².